The van der Waals surface area contributed by atoms with Crippen LogP contribution in [0.2, 0.25) is 0 Å². The summed E-state index contributed by atoms with van der Waals surface area (Å²) in [6.45, 7) is 3.84. The molecular formula is C12H16N4O4S. The van der Waals surface area contributed by atoms with Crippen LogP contribution in [-0.4, -0.2) is 53.2 Å². The minimum Gasteiger partial charge on any atom is -0.388 e. The second-order valence-electron chi connectivity index (χ2n) is 5.25. The van der Waals surface area contributed by atoms with Crippen molar-refractivity contribution in [2.24, 2.45) is 0 Å². The number of nitro groups is 1. The van der Waals surface area contributed by atoms with Gasteiger partial charge in [-0.05, 0) is 6.92 Å². The Bertz CT molecular complexity index is 588. The molecule has 0 aliphatic carbocycles. The van der Waals surface area contributed by atoms with Crippen LogP contribution >= 0.6 is 11.3 Å². The summed E-state index contributed by atoms with van der Waals surface area (Å²) in [6, 6.07) is 1.42. The number of anilines is 1. The number of rotatable bonds is 3. The number of carbonyl (C=O) groups is 1. The van der Waals surface area contributed by atoms with Crippen LogP contribution in [0.3, 0.4) is 0 Å². The minimum atomic E-state index is -0.724. The Kier molecular flexibility index (Phi) is 3.46. The summed E-state index contributed by atoms with van der Waals surface area (Å²) in [7, 11) is 0. The van der Waals surface area contributed by atoms with Crippen LogP contribution in [0, 0.1) is 10.1 Å². The first-order chi connectivity index (χ1) is 9.97. The van der Waals surface area contributed by atoms with Crippen molar-refractivity contribution in [3.8, 4) is 0 Å². The smallest absolute Gasteiger partial charge is 0.317 e. The number of thiophene rings is 1. The van der Waals surface area contributed by atoms with Crippen LogP contribution in [-0.2, 0) is 0 Å². The minimum absolute atomic E-state index is 0.0293. The number of piperazine rings is 1. The standard InChI is InChI=1S/C12H16N4O4S/c1-7(17)10-4-9(16(19)20)11(21-10)14-2-3-15-8(6-14)5-13-12(15)18/h4,7-8,17H,2-3,5-6H2,1H3,(H,13,18). The average molecular weight is 312 g/mol. The molecule has 2 saturated heterocycles. The van der Waals surface area contributed by atoms with Crippen LogP contribution in [0.1, 0.15) is 17.9 Å². The Balaban J connectivity index is 1.87. The zero-order valence-electron chi connectivity index (χ0n) is 11.5. The second kappa shape index (κ2) is 5.15. The monoisotopic (exact) mass is 312 g/mol. The third-order valence-corrected chi connectivity index (χ3v) is 5.20. The first-order valence-electron chi connectivity index (χ1n) is 6.73. The van der Waals surface area contributed by atoms with Gasteiger partial charge in [-0.1, -0.05) is 0 Å². The average Bonchev–Trinajstić information content (AvgIpc) is 3.03. The lowest BCUT2D eigenvalue weighted by molar-refractivity contribution is -0.383. The van der Waals surface area contributed by atoms with Crippen LogP contribution < -0.4 is 10.2 Å². The molecule has 0 bridgehead atoms. The lowest BCUT2D eigenvalue weighted by Crippen LogP contribution is -2.52. The predicted octanol–water partition coefficient (Wildman–Crippen LogP) is 0.923. The molecular weight excluding hydrogens is 296 g/mol. The molecule has 1 aromatic rings. The highest BCUT2D eigenvalue weighted by molar-refractivity contribution is 7.16. The molecule has 114 valence electrons. The number of nitrogens with zero attached hydrogens (tertiary/aromatic N) is 3. The summed E-state index contributed by atoms with van der Waals surface area (Å²) in [5, 5.41) is 24.2. The third-order valence-electron chi connectivity index (χ3n) is 3.84. The maximum Gasteiger partial charge on any atom is 0.317 e. The van der Waals surface area contributed by atoms with E-state index in [0.717, 1.165) is 0 Å². The maximum absolute atomic E-state index is 11.6. The van der Waals surface area contributed by atoms with Gasteiger partial charge in [-0.15, -0.1) is 11.3 Å². The van der Waals surface area contributed by atoms with E-state index in [1.165, 1.54) is 17.4 Å². The van der Waals surface area contributed by atoms with Gasteiger partial charge in [0, 0.05) is 37.1 Å². The summed E-state index contributed by atoms with van der Waals surface area (Å²) in [6.07, 6.45) is -0.724. The van der Waals surface area contributed by atoms with Gasteiger partial charge in [-0.3, -0.25) is 10.1 Å². The molecule has 2 fully saturated rings. The van der Waals surface area contributed by atoms with Crippen LogP contribution in [0.5, 0.6) is 0 Å². The number of carbonyl (C=O) groups excluding carboxylic acids is 1. The molecule has 0 saturated carbocycles. The Morgan fingerprint density at radius 1 is 1.57 bits per heavy atom. The Hall–Kier alpha value is -1.87. The fraction of sp³-hybridized carbons (Fsp3) is 0.583. The highest BCUT2D eigenvalue weighted by Gasteiger charge is 2.37. The number of urea groups is 1. The van der Waals surface area contributed by atoms with Gasteiger partial charge in [-0.25, -0.2) is 4.79 Å². The van der Waals surface area contributed by atoms with E-state index >= 15 is 0 Å². The quantitative estimate of drug-likeness (QED) is 0.639. The summed E-state index contributed by atoms with van der Waals surface area (Å²) >= 11 is 1.25. The van der Waals surface area contributed by atoms with E-state index in [-0.39, 0.29) is 17.8 Å². The highest BCUT2D eigenvalue weighted by Crippen LogP contribution is 2.41. The van der Waals surface area contributed by atoms with E-state index in [1.54, 1.807) is 11.8 Å². The van der Waals surface area contributed by atoms with Gasteiger partial charge in [-0.2, -0.15) is 0 Å². The number of aliphatic hydroxyl groups is 1. The molecule has 21 heavy (non-hydrogen) atoms. The Labute approximate surface area is 125 Å². The fourth-order valence-electron chi connectivity index (χ4n) is 2.74. The number of hydrogen-bond acceptors (Lipinski definition) is 6. The molecule has 2 atom stereocenters. The van der Waals surface area contributed by atoms with Crippen LogP contribution in [0.15, 0.2) is 6.07 Å². The van der Waals surface area contributed by atoms with Gasteiger partial charge in [0.25, 0.3) is 0 Å². The molecule has 2 aliphatic heterocycles. The predicted molar refractivity (Wildman–Crippen MR) is 77.7 cm³/mol. The van der Waals surface area contributed by atoms with Crippen molar-refractivity contribution in [1.29, 1.82) is 0 Å². The first-order valence-corrected chi connectivity index (χ1v) is 7.54. The molecule has 8 nitrogen and oxygen atoms in total. The molecule has 0 spiro atoms. The van der Waals surface area contributed by atoms with Gasteiger partial charge < -0.3 is 20.2 Å². The van der Waals surface area contributed by atoms with Crippen molar-refractivity contribution in [3.63, 3.8) is 0 Å². The van der Waals surface area contributed by atoms with Gasteiger partial charge in [0.05, 0.1) is 17.1 Å². The van der Waals surface area contributed by atoms with Crippen molar-refractivity contribution in [2.75, 3.05) is 31.1 Å². The molecule has 9 heteroatoms. The van der Waals surface area contributed by atoms with Crippen LogP contribution in [0.25, 0.3) is 0 Å². The van der Waals surface area contributed by atoms with Crippen molar-refractivity contribution >= 4 is 28.1 Å². The zero-order chi connectivity index (χ0) is 15.1. The molecule has 2 N–H and O–H groups in total. The molecule has 0 radical (unpaired) electrons. The number of fused-ring (bicyclic) bond motifs is 1. The summed E-state index contributed by atoms with van der Waals surface area (Å²) in [5.41, 5.74) is 0.0293. The van der Waals surface area contributed by atoms with E-state index in [4.69, 9.17) is 0 Å². The molecule has 0 aromatic carbocycles. The van der Waals surface area contributed by atoms with Crippen molar-refractivity contribution in [1.82, 2.24) is 10.2 Å². The SMILES string of the molecule is CC(O)c1cc([N+](=O)[O-])c(N2CCN3C(=O)NCC3C2)s1. The highest BCUT2D eigenvalue weighted by atomic mass is 32.1. The van der Waals surface area contributed by atoms with E-state index in [2.05, 4.69) is 5.32 Å². The topological polar surface area (TPSA) is 98.9 Å². The van der Waals surface area contributed by atoms with Crippen LogP contribution in [0.4, 0.5) is 15.5 Å². The number of aliphatic hydroxyl groups excluding tert-OH is 1. The number of hydrogen-bond donors (Lipinski definition) is 2. The molecule has 3 heterocycles. The van der Waals surface area contributed by atoms with E-state index < -0.39 is 11.0 Å². The largest absolute Gasteiger partial charge is 0.388 e. The second-order valence-corrected chi connectivity index (χ2v) is 6.31. The number of amides is 2. The van der Waals surface area contributed by atoms with Crippen molar-refractivity contribution in [3.05, 3.63) is 21.1 Å². The normalized spacial score (nSPS) is 23.0. The zero-order valence-corrected chi connectivity index (χ0v) is 12.3. The van der Waals surface area contributed by atoms with Gasteiger partial charge in [0.15, 0.2) is 5.00 Å². The lowest BCUT2D eigenvalue weighted by atomic mass is 10.2. The van der Waals surface area contributed by atoms with E-state index in [1.807, 2.05) is 4.90 Å². The molecule has 2 amide bonds. The molecule has 2 aliphatic rings. The summed E-state index contributed by atoms with van der Waals surface area (Å²) in [5.74, 6) is 0. The molecule has 2 unspecified atom stereocenters. The Morgan fingerprint density at radius 2 is 2.33 bits per heavy atom. The summed E-state index contributed by atoms with van der Waals surface area (Å²) in [4.78, 5) is 26.7. The van der Waals surface area contributed by atoms with E-state index in [0.29, 0.717) is 36.1 Å². The van der Waals surface area contributed by atoms with E-state index in [9.17, 15) is 20.0 Å². The maximum atomic E-state index is 11.6. The fourth-order valence-corrected chi connectivity index (χ4v) is 3.84. The van der Waals surface area contributed by atoms with Gasteiger partial charge in [0.2, 0.25) is 0 Å². The summed E-state index contributed by atoms with van der Waals surface area (Å²) < 4.78 is 0. The third kappa shape index (κ3) is 2.42. The van der Waals surface area contributed by atoms with Gasteiger partial charge in [0.1, 0.15) is 0 Å². The van der Waals surface area contributed by atoms with Crippen molar-refractivity contribution < 1.29 is 14.8 Å². The lowest BCUT2D eigenvalue weighted by Gasteiger charge is -2.36. The molecule has 3 rings (SSSR count). The Morgan fingerprint density at radius 3 is 3.00 bits per heavy atom. The van der Waals surface area contributed by atoms with Crippen molar-refractivity contribution in [2.45, 2.75) is 19.1 Å². The first kappa shape index (κ1) is 14.1. The molecule has 1 aromatic heterocycles. The van der Waals surface area contributed by atoms with Gasteiger partial charge >= 0.3 is 11.7 Å². The number of nitrogens with one attached hydrogen (secondary N) is 1.